The van der Waals surface area contributed by atoms with Gasteiger partial charge in [0.1, 0.15) is 18.4 Å². The van der Waals surface area contributed by atoms with Gasteiger partial charge in [0.2, 0.25) is 5.91 Å². The number of nitrogens with zero attached hydrogens (tertiary/aromatic N) is 4. The largest absolute Gasteiger partial charge is 0.324 e. The van der Waals surface area contributed by atoms with Gasteiger partial charge in [0, 0.05) is 15.7 Å². The van der Waals surface area contributed by atoms with Crippen molar-refractivity contribution >= 4 is 33.0 Å². The molecule has 0 bridgehead atoms. The van der Waals surface area contributed by atoms with E-state index in [-0.39, 0.29) is 23.9 Å². The molecule has 2 aromatic carbocycles. The summed E-state index contributed by atoms with van der Waals surface area (Å²) in [5.74, 6) is -0.0442. The van der Waals surface area contributed by atoms with Gasteiger partial charge < -0.3 is 5.32 Å². The Bertz CT molecular complexity index is 1270. The van der Waals surface area contributed by atoms with Crippen LogP contribution in [0.25, 0.3) is 16.8 Å². The summed E-state index contributed by atoms with van der Waals surface area (Å²) in [6.45, 7) is 3.95. The molecule has 4 rings (SSSR count). The van der Waals surface area contributed by atoms with Crippen molar-refractivity contribution in [2.24, 2.45) is 0 Å². The molecule has 0 spiro atoms. The lowest BCUT2D eigenvalue weighted by molar-refractivity contribution is -0.117. The van der Waals surface area contributed by atoms with E-state index in [0.29, 0.717) is 11.2 Å². The lowest BCUT2D eigenvalue weighted by Crippen LogP contribution is -2.30. The van der Waals surface area contributed by atoms with Crippen LogP contribution in [0.5, 0.6) is 0 Å². The molecule has 152 valence electrons. The predicted molar refractivity (Wildman–Crippen MR) is 120 cm³/mol. The molecule has 0 saturated heterocycles. The van der Waals surface area contributed by atoms with Gasteiger partial charge in [0.05, 0.1) is 5.69 Å². The van der Waals surface area contributed by atoms with Crippen molar-refractivity contribution in [1.29, 1.82) is 0 Å². The molecule has 4 aromatic rings. The standard InChI is InChI=1S/C22H20BrN5O2/c1-14(2)17-5-3-4-6-18(17)25-21(29)12-27-22(30)20-11-19(26-28(20)13-24-27)15-7-9-16(23)10-8-15/h3-11,13-14H,12H2,1-2H3,(H,25,29). The lowest BCUT2D eigenvalue weighted by atomic mass is 10.0. The van der Waals surface area contributed by atoms with Crippen LogP contribution in [0.2, 0.25) is 0 Å². The second-order valence-electron chi connectivity index (χ2n) is 7.25. The van der Waals surface area contributed by atoms with Gasteiger partial charge in [0.25, 0.3) is 5.56 Å². The van der Waals surface area contributed by atoms with Crippen LogP contribution in [0.15, 0.2) is 70.2 Å². The van der Waals surface area contributed by atoms with Crippen LogP contribution in [0.3, 0.4) is 0 Å². The highest BCUT2D eigenvalue weighted by atomic mass is 79.9. The number of carbonyl (C=O) groups is 1. The van der Waals surface area contributed by atoms with E-state index in [1.165, 1.54) is 10.8 Å². The molecule has 0 atom stereocenters. The van der Waals surface area contributed by atoms with Crippen molar-refractivity contribution in [3.05, 3.63) is 81.3 Å². The summed E-state index contributed by atoms with van der Waals surface area (Å²) in [7, 11) is 0. The van der Waals surface area contributed by atoms with Crippen molar-refractivity contribution in [1.82, 2.24) is 19.4 Å². The third-order valence-electron chi connectivity index (χ3n) is 4.78. The van der Waals surface area contributed by atoms with Gasteiger partial charge in [-0.2, -0.15) is 10.2 Å². The number of anilines is 1. The third-order valence-corrected chi connectivity index (χ3v) is 5.31. The molecule has 0 fully saturated rings. The summed E-state index contributed by atoms with van der Waals surface area (Å²) in [5, 5.41) is 11.4. The van der Waals surface area contributed by atoms with E-state index in [2.05, 4.69) is 45.3 Å². The first-order valence-electron chi connectivity index (χ1n) is 9.52. The number of aromatic nitrogens is 4. The maximum absolute atomic E-state index is 12.8. The molecule has 1 N–H and O–H groups in total. The number of para-hydroxylation sites is 1. The average Bonchev–Trinajstić information content (AvgIpc) is 3.16. The minimum atomic E-state index is -0.374. The molecule has 0 radical (unpaired) electrons. The summed E-state index contributed by atoms with van der Waals surface area (Å²) in [6, 6.07) is 17.0. The van der Waals surface area contributed by atoms with E-state index in [0.717, 1.165) is 26.0 Å². The molecule has 30 heavy (non-hydrogen) atoms. The van der Waals surface area contributed by atoms with Gasteiger partial charge in [-0.05, 0) is 35.7 Å². The molecule has 7 nitrogen and oxygen atoms in total. The van der Waals surface area contributed by atoms with Gasteiger partial charge in [-0.25, -0.2) is 9.20 Å². The molecule has 0 aliphatic carbocycles. The second kappa shape index (κ2) is 8.23. The first-order valence-corrected chi connectivity index (χ1v) is 10.3. The minimum Gasteiger partial charge on any atom is -0.324 e. The van der Waals surface area contributed by atoms with Crippen LogP contribution in [0.1, 0.15) is 25.3 Å². The Morgan fingerprint density at radius 2 is 1.87 bits per heavy atom. The van der Waals surface area contributed by atoms with Crippen molar-refractivity contribution in [3.63, 3.8) is 0 Å². The minimum absolute atomic E-state index is 0.180. The highest BCUT2D eigenvalue weighted by Crippen LogP contribution is 2.24. The summed E-state index contributed by atoms with van der Waals surface area (Å²) < 4.78 is 3.54. The van der Waals surface area contributed by atoms with Crippen molar-refractivity contribution in [3.8, 4) is 11.3 Å². The summed E-state index contributed by atoms with van der Waals surface area (Å²) in [5.41, 5.74) is 3.31. The van der Waals surface area contributed by atoms with E-state index in [1.54, 1.807) is 6.07 Å². The molecule has 0 saturated carbocycles. The fourth-order valence-corrected chi connectivity index (χ4v) is 3.52. The Labute approximate surface area is 181 Å². The summed E-state index contributed by atoms with van der Waals surface area (Å²) >= 11 is 3.41. The zero-order valence-electron chi connectivity index (χ0n) is 16.5. The smallest absolute Gasteiger partial charge is 0.293 e. The normalized spacial score (nSPS) is 11.2. The Morgan fingerprint density at radius 1 is 1.13 bits per heavy atom. The number of halogens is 1. The van der Waals surface area contributed by atoms with Gasteiger partial charge in [-0.3, -0.25) is 9.59 Å². The number of carbonyl (C=O) groups excluding carboxylic acids is 1. The number of fused-ring (bicyclic) bond motifs is 1. The van der Waals surface area contributed by atoms with Gasteiger partial charge >= 0.3 is 0 Å². The number of hydrogen-bond acceptors (Lipinski definition) is 4. The van der Waals surface area contributed by atoms with Crippen LogP contribution < -0.4 is 10.9 Å². The van der Waals surface area contributed by atoms with Crippen molar-refractivity contribution in [2.45, 2.75) is 26.3 Å². The van der Waals surface area contributed by atoms with E-state index in [9.17, 15) is 9.59 Å². The SMILES string of the molecule is CC(C)c1ccccc1NC(=O)Cn1ncn2nc(-c3ccc(Br)cc3)cc2c1=O. The molecule has 8 heteroatoms. The summed E-state index contributed by atoms with van der Waals surface area (Å²) in [6.07, 6.45) is 1.44. The molecular formula is C22H20BrN5O2. The van der Waals surface area contributed by atoms with Crippen molar-refractivity contribution in [2.75, 3.05) is 5.32 Å². The Hall–Kier alpha value is -3.26. The number of rotatable bonds is 5. The Kier molecular flexibility index (Phi) is 5.50. The fraction of sp³-hybridized carbons (Fsp3) is 0.182. The highest BCUT2D eigenvalue weighted by Gasteiger charge is 2.14. The maximum Gasteiger partial charge on any atom is 0.293 e. The van der Waals surface area contributed by atoms with E-state index in [1.807, 2.05) is 48.5 Å². The first-order chi connectivity index (χ1) is 14.4. The zero-order chi connectivity index (χ0) is 21.3. The predicted octanol–water partition coefficient (Wildman–Crippen LogP) is 4.08. The topological polar surface area (TPSA) is 81.3 Å². The molecular weight excluding hydrogens is 446 g/mol. The van der Waals surface area contributed by atoms with E-state index < -0.39 is 0 Å². The van der Waals surface area contributed by atoms with Gasteiger partial charge in [-0.1, -0.05) is 60.1 Å². The number of benzene rings is 2. The number of amides is 1. The van der Waals surface area contributed by atoms with E-state index >= 15 is 0 Å². The van der Waals surface area contributed by atoms with Crippen LogP contribution in [-0.2, 0) is 11.3 Å². The quantitative estimate of drug-likeness (QED) is 0.481. The molecule has 0 aliphatic heterocycles. The maximum atomic E-state index is 12.8. The average molecular weight is 466 g/mol. The van der Waals surface area contributed by atoms with Crippen LogP contribution in [0.4, 0.5) is 5.69 Å². The molecule has 0 aliphatic rings. The van der Waals surface area contributed by atoms with Gasteiger partial charge in [0.15, 0.2) is 0 Å². The second-order valence-corrected chi connectivity index (χ2v) is 8.17. The Balaban J connectivity index is 1.59. The molecule has 2 heterocycles. The van der Waals surface area contributed by atoms with Crippen molar-refractivity contribution < 1.29 is 4.79 Å². The highest BCUT2D eigenvalue weighted by molar-refractivity contribution is 9.10. The number of nitrogens with one attached hydrogen (secondary N) is 1. The molecule has 1 amide bonds. The first kappa shape index (κ1) is 20.0. The molecule has 2 aromatic heterocycles. The summed E-state index contributed by atoms with van der Waals surface area (Å²) in [4.78, 5) is 25.4. The lowest BCUT2D eigenvalue weighted by Gasteiger charge is -2.13. The number of hydrogen-bond donors (Lipinski definition) is 1. The van der Waals surface area contributed by atoms with E-state index in [4.69, 9.17) is 0 Å². The Morgan fingerprint density at radius 3 is 2.60 bits per heavy atom. The van der Waals surface area contributed by atoms with Crippen LogP contribution in [0, 0.1) is 0 Å². The van der Waals surface area contributed by atoms with Crippen LogP contribution >= 0.6 is 15.9 Å². The van der Waals surface area contributed by atoms with Crippen LogP contribution in [-0.4, -0.2) is 25.3 Å². The zero-order valence-corrected chi connectivity index (χ0v) is 18.1. The van der Waals surface area contributed by atoms with Gasteiger partial charge in [-0.15, -0.1) is 0 Å². The molecule has 0 unspecified atom stereocenters. The fourth-order valence-electron chi connectivity index (χ4n) is 3.25. The monoisotopic (exact) mass is 465 g/mol. The third kappa shape index (κ3) is 4.04.